The first kappa shape index (κ1) is 14.5. The minimum Gasteiger partial charge on any atom is -0.384 e. The zero-order valence-corrected chi connectivity index (χ0v) is 12.3. The lowest BCUT2D eigenvalue weighted by atomic mass is 9.88. The Kier molecular flexibility index (Phi) is 5.00. The van der Waals surface area contributed by atoms with E-state index in [1.807, 2.05) is 37.3 Å². The first-order valence-electron chi connectivity index (χ1n) is 7.54. The second-order valence-electron chi connectivity index (χ2n) is 6.34. The fourth-order valence-corrected chi connectivity index (χ4v) is 3.29. The maximum absolute atomic E-state index is 10.6. The molecule has 1 aliphatic rings. The summed E-state index contributed by atoms with van der Waals surface area (Å²) < 4.78 is 0. The third-order valence-corrected chi connectivity index (χ3v) is 4.27. The maximum atomic E-state index is 10.6. The minimum absolute atomic E-state index is 0.702. The van der Waals surface area contributed by atoms with E-state index >= 15 is 0 Å². The molecule has 1 N–H and O–H groups in total. The van der Waals surface area contributed by atoms with Crippen molar-refractivity contribution in [1.82, 2.24) is 4.90 Å². The number of benzene rings is 1. The van der Waals surface area contributed by atoms with Crippen LogP contribution in [-0.4, -0.2) is 30.1 Å². The lowest BCUT2D eigenvalue weighted by Gasteiger charge is -2.33. The lowest BCUT2D eigenvalue weighted by Crippen LogP contribution is -2.39. The van der Waals surface area contributed by atoms with Crippen molar-refractivity contribution in [3.63, 3.8) is 0 Å². The summed E-state index contributed by atoms with van der Waals surface area (Å²) in [6.07, 6.45) is 6.89. The van der Waals surface area contributed by atoms with Crippen LogP contribution in [0.5, 0.6) is 0 Å². The van der Waals surface area contributed by atoms with Crippen LogP contribution in [0.2, 0.25) is 0 Å². The van der Waals surface area contributed by atoms with Crippen molar-refractivity contribution >= 4 is 0 Å². The predicted molar refractivity (Wildman–Crippen MR) is 80.1 cm³/mol. The highest BCUT2D eigenvalue weighted by Crippen LogP contribution is 2.26. The Labute approximate surface area is 117 Å². The number of hydrogen-bond acceptors (Lipinski definition) is 2. The fourth-order valence-electron chi connectivity index (χ4n) is 3.29. The molecule has 1 aromatic carbocycles. The Morgan fingerprint density at radius 1 is 1.16 bits per heavy atom. The van der Waals surface area contributed by atoms with E-state index in [-0.39, 0.29) is 0 Å². The van der Waals surface area contributed by atoms with Gasteiger partial charge in [-0.15, -0.1) is 0 Å². The highest BCUT2D eigenvalue weighted by atomic mass is 16.3. The van der Waals surface area contributed by atoms with Crippen LogP contribution < -0.4 is 0 Å². The average molecular weight is 261 g/mol. The second kappa shape index (κ2) is 6.53. The molecule has 0 aromatic heterocycles. The van der Waals surface area contributed by atoms with Gasteiger partial charge in [-0.1, -0.05) is 49.6 Å². The number of nitrogens with zero attached hydrogens (tertiary/aromatic N) is 1. The normalized spacial score (nSPS) is 20.4. The molecule has 0 heterocycles. The maximum Gasteiger partial charge on any atom is 0.0994 e. The van der Waals surface area contributed by atoms with Gasteiger partial charge in [0.15, 0.2) is 0 Å². The van der Waals surface area contributed by atoms with Gasteiger partial charge in [0.1, 0.15) is 0 Å². The van der Waals surface area contributed by atoms with Gasteiger partial charge >= 0.3 is 0 Å². The van der Waals surface area contributed by atoms with Gasteiger partial charge in [-0.2, -0.15) is 0 Å². The molecule has 1 atom stereocenters. The SMILES string of the molecule is CN(CC1CCCCC1)CC(C)(O)c1ccccc1. The lowest BCUT2D eigenvalue weighted by molar-refractivity contribution is 0.0180. The molecule has 106 valence electrons. The van der Waals surface area contributed by atoms with E-state index < -0.39 is 5.60 Å². The molecule has 0 saturated heterocycles. The number of aliphatic hydroxyl groups is 1. The monoisotopic (exact) mass is 261 g/mol. The summed E-state index contributed by atoms with van der Waals surface area (Å²) in [4.78, 5) is 2.29. The van der Waals surface area contributed by atoms with Gasteiger partial charge in [0.2, 0.25) is 0 Å². The summed E-state index contributed by atoms with van der Waals surface area (Å²) in [6.45, 7) is 3.73. The Balaban J connectivity index is 1.88. The number of likely N-dealkylation sites (N-methyl/N-ethyl adjacent to an activating group) is 1. The topological polar surface area (TPSA) is 23.5 Å². The van der Waals surface area contributed by atoms with E-state index in [9.17, 15) is 5.11 Å². The van der Waals surface area contributed by atoms with Crippen LogP contribution >= 0.6 is 0 Å². The van der Waals surface area contributed by atoms with Crippen LogP contribution in [0.3, 0.4) is 0 Å². The molecule has 1 fully saturated rings. The fraction of sp³-hybridized carbons (Fsp3) is 0.647. The molecule has 2 heteroatoms. The van der Waals surface area contributed by atoms with Crippen LogP contribution in [0.1, 0.15) is 44.6 Å². The van der Waals surface area contributed by atoms with Gasteiger partial charge in [-0.25, -0.2) is 0 Å². The van der Waals surface area contributed by atoms with Crippen LogP contribution in [-0.2, 0) is 5.60 Å². The zero-order valence-electron chi connectivity index (χ0n) is 12.3. The molecule has 0 aliphatic heterocycles. The molecule has 1 saturated carbocycles. The summed E-state index contributed by atoms with van der Waals surface area (Å²) in [5.74, 6) is 0.824. The van der Waals surface area contributed by atoms with E-state index in [1.165, 1.54) is 32.1 Å². The van der Waals surface area contributed by atoms with Crippen molar-refractivity contribution in [2.75, 3.05) is 20.1 Å². The third-order valence-electron chi connectivity index (χ3n) is 4.27. The largest absolute Gasteiger partial charge is 0.384 e. The summed E-state index contributed by atoms with van der Waals surface area (Å²) in [6, 6.07) is 9.99. The molecule has 2 nitrogen and oxygen atoms in total. The molecule has 0 radical (unpaired) electrons. The van der Waals surface area contributed by atoms with Crippen molar-refractivity contribution in [2.24, 2.45) is 5.92 Å². The van der Waals surface area contributed by atoms with Crippen LogP contribution in [0, 0.1) is 5.92 Å². The van der Waals surface area contributed by atoms with Gasteiger partial charge in [0.25, 0.3) is 0 Å². The standard InChI is InChI=1S/C17H27NO/c1-17(19,16-11-7-4-8-12-16)14-18(2)13-15-9-5-3-6-10-15/h4,7-8,11-12,15,19H,3,5-6,9-10,13-14H2,1-2H3. The third kappa shape index (κ3) is 4.32. The zero-order chi connectivity index (χ0) is 13.7. The van der Waals surface area contributed by atoms with Gasteiger partial charge in [-0.05, 0) is 38.3 Å². The molecule has 2 rings (SSSR count). The summed E-state index contributed by atoms with van der Waals surface area (Å²) >= 11 is 0. The van der Waals surface area contributed by atoms with Gasteiger partial charge in [0.05, 0.1) is 5.60 Å². The summed E-state index contributed by atoms with van der Waals surface area (Å²) in [5, 5.41) is 10.6. The highest BCUT2D eigenvalue weighted by molar-refractivity contribution is 5.21. The summed E-state index contributed by atoms with van der Waals surface area (Å²) in [5.41, 5.74) is 0.246. The first-order chi connectivity index (χ1) is 9.08. The minimum atomic E-state index is -0.759. The Morgan fingerprint density at radius 2 is 1.79 bits per heavy atom. The molecule has 0 amide bonds. The quantitative estimate of drug-likeness (QED) is 0.878. The van der Waals surface area contributed by atoms with E-state index in [0.717, 1.165) is 18.0 Å². The van der Waals surface area contributed by atoms with Crippen LogP contribution in [0.25, 0.3) is 0 Å². The van der Waals surface area contributed by atoms with Gasteiger partial charge < -0.3 is 10.0 Å². The second-order valence-corrected chi connectivity index (χ2v) is 6.34. The van der Waals surface area contributed by atoms with Crippen molar-refractivity contribution in [3.05, 3.63) is 35.9 Å². The Hall–Kier alpha value is -0.860. The molecular formula is C17H27NO. The van der Waals surface area contributed by atoms with E-state index in [1.54, 1.807) is 0 Å². The highest BCUT2D eigenvalue weighted by Gasteiger charge is 2.26. The van der Waals surface area contributed by atoms with E-state index in [2.05, 4.69) is 11.9 Å². The Morgan fingerprint density at radius 3 is 2.42 bits per heavy atom. The van der Waals surface area contributed by atoms with Gasteiger partial charge in [0, 0.05) is 13.1 Å². The van der Waals surface area contributed by atoms with Crippen LogP contribution in [0.4, 0.5) is 0 Å². The summed E-state index contributed by atoms with van der Waals surface area (Å²) in [7, 11) is 2.13. The average Bonchev–Trinajstić information content (AvgIpc) is 2.40. The molecule has 1 unspecified atom stereocenters. The molecule has 1 aromatic rings. The van der Waals surface area contributed by atoms with Crippen molar-refractivity contribution in [1.29, 1.82) is 0 Å². The molecule has 19 heavy (non-hydrogen) atoms. The van der Waals surface area contributed by atoms with E-state index in [4.69, 9.17) is 0 Å². The number of hydrogen-bond donors (Lipinski definition) is 1. The van der Waals surface area contributed by atoms with Gasteiger partial charge in [-0.3, -0.25) is 0 Å². The molecule has 1 aliphatic carbocycles. The number of rotatable bonds is 5. The van der Waals surface area contributed by atoms with E-state index in [0.29, 0.717) is 6.54 Å². The van der Waals surface area contributed by atoms with Crippen molar-refractivity contribution in [3.8, 4) is 0 Å². The Bertz CT molecular complexity index is 368. The van der Waals surface area contributed by atoms with Crippen molar-refractivity contribution in [2.45, 2.75) is 44.6 Å². The molecule has 0 spiro atoms. The smallest absolute Gasteiger partial charge is 0.0994 e. The van der Waals surface area contributed by atoms with Crippen LogP contribution in [0.15, 0.2) is 30.3 Å². The van der Waals surface area contributed by atoms with Crippen molar-refractivity contribution < 1.29 is 5.11 Å². The predicted octanol–water partition coefficient (Wildman–Crippen LogP) is 3.41. The molecule has 0 bridgehead atoms. The molecular weight excluding hydrogens is 234 g/mol. The first-order valence-corrected chi connectivity index (χ1v) is 7.54.